The van der Waals surface area contributed by atoms with E-state index in [1.807, 2.05) is 36.5 Å². The zero-order chi connectivity index (χ0) is 19.3. The summed E-state index contributed by atoms with van der Waals surface area (Å²) in [5, 5.41) is -0.545. The summed E-state index contributed by atoms with van der Waals surface area (Å²) < 4.78 is 0. The molecule has 0 amide bonds. The molecule has 0 saturated carbocycles. The maximum Gasteiger partial charge on any atom is 0.129 e. The average molecular weight is 359 g/mol. The van der Waals surface area contributed by atoms with Crippen LogP contribution in [0.1, 0.15) is 0 Å². The van der Waals surface area contributed by atoms with E-state index in [0.717, 1.165) is 5.70 Å². The summed E-state index contributed by atoms with van der Waals surface area (Å²) in [5.41, 5.74) is 0.935. The van der Waals surface area contributed by atoms with Gasteiger partial charge < -0.3 is 4.90 Å². The standard InChI is InChI=1S/C21H34N3P/c1-8-14-22(15-9-2)20(7)21(25,23(16-10-3)17-11-4)24(18-12-5)19-13-6/h8-13H,1-7,14-19,25H2. The molecule has 0 bridgehead atoms. The summed E-state index contributed by atoms with van der Waals surface area (Å²) in [6.45, 7) is 31.9. The first-order valence-electron chi connectivity index (χ1n) is 8.36. The van der Waals surface area contributed by atoms with E-state index in [4.69, 9.17) is 0 Å². The van der Waals surface area contributed by atoms with Crippen molar-refractivity contribution in [2.45, 2.75) is 5.40 Å². The number of rotatable bonds is 16. The first-order valence-corrected chi connectivity index (χ1v) is 8.94. The summed E-state index contributed by atoms with van der Waals surface area (Å²) in [5.74, 6) is 0. The zero-order valence-electron chi connectivity index (χ0n) is 15.6. The minimum Gasteiger partial charge on any atom is -0.365 e. The minimum atomic E-state index is -0.545. The van der Waals surface area contributed by atoms with Crippen molar-refractivity contribution >= 4 is 9.24 Å². The van der Waals surface area contributed by atoms with Crippen LogP contribution in [-0.2, 0) is 0 Å². The Hall–Kier alpha value is -1.67. The molecule has 0 spiro atoms. The molecule has 0 aliphatic heterocycles. The van der Waals surface area contributed by atoms with Crippen molar-refractivity contribution in [1.82, 2.24) is 14.7 Å². The molecule has 138 valence electrons. The lowest BCUT2D eigenvalue weighted by Gasteiger charge is -2.51. The van der Waals surface area contributed by atoms with Crippen LogP contribution in [0.15, 0.2) is 88.2 Å². The topological polar surface area (TPSA) is 9.72 Å². The molecule has 0 rings (SSSR count). The molecule has 1 atom stereocenters. The van der Waals surface area contributed by atoms with Crippen LogP contribution in [0, 0.1) is 0 Å². The summed E-state index contributed by atoms with van der Waals surface area (Å²) >= 11 is 0. The van der Waals surface area contributed by atoms with Crippen molar-refractivity contribution in [2.24, 2.45) is 0 Å². The number of nitrogens with zero attached hydrogens (tertiary/aromatic N) is 3. The third-order valence-electron chi connectivity index (χ3n) is 3.87. The second-order valence-corrected chi connectivity index (χ2v) is 6.42. The van der Waals surface area contributed by atoms with E-state index in [2.05, 4.69) is 70.0 Å². The molecular formula is C21H34N3P. The first kappa shape index (κ1) is 23.3. The normalized spacial score (nSPS) is 11.0. The van der Waals surface area contributed by atoms with Crippen LogP contribution in [0.3, 0.4) is 0 Å². The van der Waals surface area contributed by atoms with Gasteiger partial charge in [0.25, 0.3) is 0 Å². The monoisotopic (exact) mass is 359 g/mol. The van der Waals surface area contributed by atoms with Crippen LogP contribution in [0.5, 0.6) is 0 Å². The van der Waals surface area contributed by atoms with Gasteiger partial charge in [0.05, 0.1) is 0 Å². The fourth-order valence-electron chi connectivity index (χ4n) is 2.73. The Morgan fingerprint density at radius 3 is 1.16 bits per heavy atom. The fourth-order valence-corrected chi connectivity index (χ4v) is 3.34. The second kappa shape index (κ2) is 12.7. The highest BCUT2D eigenvalue weighted by atomic mass is 31.0. The highest BCUT2D eigenvalue weighted by molar-refractivity contribution is 7.19. The third kappa shape index (κ3) is 6.28. The molecule has 0 aromatic rings. The van der Waals surface area contributed by atoms with Gasteiger partial charge in [-0.1, -0.05) is 52.3 Å². The summed E-state index contributed by atoms with van der Waals surface area (Å²) in [6.07, 6.45) is 11.3. The molecule has 1 unspecified atom stereocenters. The predicted octanol–water partition coefficient (Wildman–Crippen LogP) is 4.05. The Labute approximate surface area is 157 Å². The molecule has 0 aliphatic rings. The lowest BCUT2D eigenvalue weighted by Crippen LogP contribution is -2.60. The van der Waals surface area contributed by atoms with Gasteiger partial charge in [-0.2, -0.15) is 0 Å². The van der Waals surface area contributed by atoms with Crippen LogP contribution in [0.25, 0.3) is 0 Å². The Balaban J connectivity index is 6.16. The van der Waals surface area contributed by atoms with Crippen molar-refractivity contribution in [1.29, 1.82) is 0 Å². The van der Waals surface area contributed by atoms with Crippen molar-refractivity contribution < 1.29 is 0 Å². The quantitative estimate of drug-likeness (QED) is 0.234. The van der Waals surface area contributed by atoms with E-state index in [-0.39, 0.29) is 0 Å². The van der Waals surface area contributed by atoms with Crippen LogP contribution in [0.2, 0.25) is 0 Å². The lowest BCUT2D eigenvalue weighted by molar-refractivity contribution is 0.0522. The lowest BCUT2D eigenvalue weighted by atomic mass is 10.2. The highest BCUT2D eigenvalue weighted by Crippen LogP contribution is 2.37. The molecule has 0 fully saturated rings. The largest absolute Gasteiger partial charge is 0.365 e. The molecule has 0 radical (unpaired) electrons. The SMILES string of the molecule is C=CCN(CC=C)C(=C)C(P)(N(CC=C)CC=C)N(CC=C)CC=C. The van der Waals surface area contributed by atoms with E-state index in [1.165, 1.54) is 0 Å². The highest BCUT2D eigenvalue weighted by Gasteiger charge is 2.41. The van der Waals surface area contributed by atoms with Gasteiger partial charge >= 0.3 is 0 Å². The van der Waals surface area contributed by atoms with Crippen molar-refractivity contribution in [2.75, 3.05) is 39.3 Å². The zero-order valence-corrected chi connectivity index (χ0v) is 16.7. The van der Waals surface area contributed by atoms with Gasteiger partial charge in [-0.3, -0.25) is 9.80 Å². The van der Waals surface area contributed by atoms with Crippen LogP contribution in [0.4, 0.5) is 0 Å². The smallest absolute Gasteiger partial charge is 0.129 e. The van der Waals surface area contributed by atoms with Gasteiger partial charge in [0, 0.05) is 45.0 Å². The molecule has 4 heteroatoms. The summed E-state index contributed by atoms with van der Waals surface area (Å²) in [4.78, 5) is 6.67. The molecule has 0 aromatic carbocycles. The predicted molar refractivity (Wildman–Crippen MR) is 117 cm³/mol. The van der Waals surface area contributed by atoms with Gasteiger partial charge in [-0.25, -0.2) is 0 Å². The Morgan fingerprint density at radius 1 is 0.640 bits per heavy atom. The average Bonchev–Trinajstić information content (AvgIpc) is 2.60. The Morgan fingerprint density at radius 2 is 0.920 bits per heavy atom. The van der Waals surface area contributed by atoms with Crippen molar-refractivity contribution in [3.8, 4) is 0 Å². The molecule has 0 saturated heterocycles. The molecular weight excluding hydrogens is 325 g/mol. The van der Waals surface area contributed by atoms with E-state index in [0.29, 0.717) is 39.3 Å². The first-order chi connectivity index (χ1) is 12.0. The maximum atomic E-state index is 4.42. The number of hydrogen-bond acceptors (Lipinski definition) is 3. The van der Waals surface area contributed by atoms with Gasteiger partial charge in [0.15, 0.2) is 0 Å². The van der Waals surface area contributed by atoms with E-state index in [1.54, 1.807) is 0 Å². The molecule has 0 heterocycles. The summed E-state index contributed by atoms with van der Waals surface area (Å²) in [6, 6.07) is 0. The van der Waals surface area contributed by atoms with E-state index < -0.39 is 5.40 Å². The van der Waals surface area contributed by atoms with Gasteiger partial charge in [-0.15, -0.1) is 39.5 Å². The molecule has 0 N–H and O–H groups in total. The van der Waals surface area contributed by atoms with E-state index >= 15 is 0 Å². The van der Waals surface area contributed by atoms with E-state index in [9.17, 15) is 0 Å². The van der Waals surface area contributed by atoms with Crippen molar-refractivity contribution in [3.63, 3.8) is 0 Å². The molecule has 0 aliphatic carbocycles. The van der Waals surface area contributed by atoms with Crippen LogP contribution < -0.4 is 0 Å². The molecule has 0 aromatic heterocycles. The van der Waals surface area contributed by atoms with Crippen molar-refractivity contribution in [3.05, 3.63) is 88.2 Å². The van der Waals surface area contributed by atoms with Crippen LogP contribution >= 0.6 is 9.24 Å². The van der Waals surface area contributed by atoms with Gasteiger partial charge in [0.1, 0.15) is 5.40 Å². The Bertz CT molecular complexity index is 441. The van der Waals surface area contributed by atoms with Gasteiger partial charge in [0.2, 0.25) is 0 Å². The second-order valence-electron chi connectivity index (χ2n) is 5.62. The molecule has 3 nitrogen and oxygen atoms in total. The minimum absolute atomic E-state index is 0.545. The Kier molecular flexibility index (Phi) is 11.8. The third-order valence-corrected chi connectivity index (χ3v) is 4.93. The number of hydrogen-bond donors (Lipinski definition) is 0. The fraction of sp³-hybridized carbons (Fsp3) is 0.333. The maximum absolute atomic E-state index is 4.42. The van der Waals surface area contributed by atoms with Gasteiger partial charge in [-0.05, 0) is 0 Å². The molecule has 25 heavy (non-hydrogen) atoms. The summed E-state index contributed by atoms with van der Waals surface area (Å²) in [7, 11) is 2.98. The van der Waals surface area contributed by atoms with Crippen LogP contribution in [-0.4, -0.2) is 59.4 Å².